The van der Waals surface area contributed by atoms with Crippen molar-refractivity contribution in [3.05, 3.63) is 101 Å². The summed E-state index contributed by atoms with van der Waals surface area (Å²) in [6.07, 6.45) is 8.22. The number of benzene rings is 2. The molecule has 0 saturated carbocycles. The summed E-state index contributed by atoms with van der Waals surface area (Å²) in [6.45, 7) is 26.0. The van der Waals surface area contributed by atoms with Crippen molar-refractivity contribution in [1.82, 2.24) is 39.3 Å². The van der Waals surface area contributed by atoms with Crippen molar-refractivity contribution >= 4 is 59.4 Å². The van der Waals surface area contributed by atoms with E-state index in [0.717, 1.165) is 151 Å². The number of nitrogens with zero attached hydrogens (tertiary/aromatic N) is 10. The van der Waals surface area contributed by atoms with Crippen LogP contribution < -0.4 is 26.0 Å². The second-order valence-electron chi connectivity index (χ2n) is 22.6. The van der Waals surface area contributed by atoms with Gasteiger partial charge in [-0.2, -0.15) is 10.2 Å². The van der Waals surface area contributed by atoms with Crippen LogP contribution in [0.5, 0.6) is 0 Å². The second-order valence-corrected chi connectivity index (χ2v) is 23.0. The number of morpholine rings is 2. The van der Waals surface area contributed by atoms with E-state index in [9.17, 15) is 9.59 Å². The topological polar surface area (TPSA) is 170 Å². The molecule has 0 radical (unpaired) electrons. The summed E-state index contributed by atoms with van der Waals surface area (Å²) in [5.74, 6) is 3.00. The maximum absolute atomic E-state index is 12.9. The number of aryl methyl sites for hydroxylation is 4. The number of carbonyl (C=O) groups excluding carboxylic acids is 2. The fourth-order valence-electron chi connectivity index (χ4n) is 10.6. The minimum atomic E-state index is -0.351. The van der Waals surface area contributed by atoms with Gasteiger partial charge in [-0.05, 0) is 160 Å². The standard InChI is InChI=1S/C27H34N6O2.C23H29ClN4O2.C10H17BN2O2/c1-4-20-7-10-33(18-20)27(34)28-22-6-5-19(2)23(17-22)21-15-25(24-8-9-31(3)30-24)29-26(16-21)32-11-13-35-14-12-32;1-3-17-6-7-28(15-17)23(29)25-19-5-4-16(2)20(14-19)18-12-21(24)26-22(13-18)27-8-10-30-11-9-27;1-9(2)10(3,4)15-11(14-9)8-6-7-13(5)12-8/h5-6,8-9,15-17,20H,4,7,10-14,18H2,1-3H3,(H,28,34);4-5,12-14,17H,3,6-11,15H2,1-2H3,(H,25,29);6-7H,1-5H3/t20-;17-;/m11./s1. The smallest absolute Gasteiger partial charge is 0.398 e. The van der Waals surface area contributed by atoms with Gasteiger partial charge in [-0.1, -0.05) is 50.4 Å². The van der Waals surface area contributed by atoms with Crippen LogP contribution in [0.1, 0.15) is 78.4 Å². The Labute approximate surface area is 477 Å². The summed E-state index contributed by atoms with van der Waals surface area (Å²) in [7, 11) is 3.45. The molecule has 5 saturated heterocycles. The van der Waals surface area contributed by atoms with Crippen LogP contribution in [0.4, 0.5) is 32.6 Å². The van der Waals surface area contributed by atoms with Gasteiger partial charge in [0.05, 0.1) is 48.9 Å². The number of pyridine rings is 2. The molecule has 2 atom stereocenters. The minimum absolute atomic E-state index is 0.0198. The van der Waals surface area contributed by atoms with E-state index in [4.69, 9.17) is 35.4 Å². The lowest BCUT2D eigenvalue weighted by molar-refractivity contribution is 0.00578. The van der Waals surface area contributed by atoms with E-state index in [0.29, 0.717) is 43.4 Å². The number of halogens is 1. The lowest BCUT2D eigenvalue weighted by Gasteiger charge is -2.32. The molecule has 5 aliphatic heterocycles. The van der Waals surface area contributed by atoms with Gasteiger partial charge >= 0.3 is 19.2 Å². The van der Waals surface area contributed by atoms with Crippen LogP contribution in [0.2, 0.25) is 5.15 Å². The average Bonchev–Trinajstić information content (AvgIpc) is 4.34. The first-order valence-corrected chi connectivity index (χ1v) is 28.8. The normalized spacial score (nSPS) is 19.6. The molecule has 0 bridgehead atoms. The number of aromatic nitrogens is 6. The van der Waals surface area contributed by atoms with Crippen molar-refractivity contribution in [2.45, 2.75) is 92.3 Å². The molecule has 2 N–H and O–H groups in total. The molecule has 0 aliphatic carbocycles. The molecule has 426 valence electrons. The summed E-state index contributed by atoms with van der Waals surface area (Å²) in [5.41, 5.74) is 9.94. The molecule has 0 unspecified atom stereocenters. The summed E-state index contributed by atoms with van der Waals surface area (Å²) in [5, 5.41) is 15.5. The van der Waals surface area contributed by atoms with E-state index in [1.54, 1.807) is 9.36 Å². The average molecular weight is 1110 g/mol. The number of anilines is 4. The quantitative estimate of drug-likeness (QED) is 0.0985. The number of urea groups is 2. The molecule has 5 fully saturated rings. The molecular formula is C60H80BClN12O6. The Bertz CT molecular complexity index is 3080. The van der Waals surface area contributed by atoms with Crippen molar-refractivity contribution in [1.29, 1.82) is 0 Å². The Morgan fingerprint density at radius 3 is 1.54 bits per heavy atom. The molecule has 6 aromatic rings. The zero-order valence-corrected chi connectivity index (χ0v) is 49.2. The first-order chi connectivity index (χ1) is 38.3. The number of hydrogen-bond donors (Lipinski definition) is 2. The predicted octanol–water partition coefficient (Wildman–Crippen LogP) is 10.1. The minimum Gasteiger partial charge on any atom is -0.398 e. The SMILES string of the molecule is CC[C@@H]1CCN(C(=O)Nc2ccc(C)c(-c3cc(-c4ccn(C)n4)nc(N4CCOCC4)c3)c2)C1.CC[C@@H]1CCN(C(=O)Nc2ccc(C)c(-c3cc(Cl)nc(N4CCOCC4)c3)c2)C1.Cn1ccc(B2OC(C)(C)C(C)(C)O2)n1. The molecule has 4 amide bonds. The predicted molar refractivity (Wildman–Crippen MR) is 319 cm³/mol. The van der Waals surface area contributed by atoms with Gasteiger partial charge in [0.15, 0.2) is 0 Å². The molecule has 20 heteroatoms. The Balaban J connectivity index is 0.000000156. The number of ether oxygens (including phenoxy) is 2. The van der Waals surface area contributed by atoms with Crippen LogP contribution in [-0.4, -0.2) is 148 Å². The maximum Gasteiger partial charge on any atom is 0.516 e. The first-order valence-electron chi connectivity index (χ1n) is 28.4. The number of rotatable bonds is 10. The molecule has 0 spiro atoms. The lowest BCUT2D eigenvalue weighted by atomic mass is 9.85. The van der Waals surface area contributed by atoms with Crippen molar-refractivity contribution in [2.24, 2.45) is 25.9 Å². The van der Waals surface area contributed by atoms with E-state index in [1.807, 2.05) is 106 Å². The lowest BCUT2D eigenvalue weighted by Crippen LogP contribution is -2.41. The fraction of sp³-hybridized carbons (Fsp3) is 0.500. The number of hydrogen-bond acceptors (Lipinski definition) is 12. The van der Waals surface area contributed by atoms with Gasteiger partial charge in [0.25, 0.3) is 0 Å². The third kappa shape index (κ3) is 14.1. The number of carbonyl (C=O) groups is 2. The van der Waals surface area contributed by atoms with Gasteiger partial charge in [-0.3, -0.25) is 9.36 Å². The molecular weight excluding hydrogens is 1030 g/mol. The summed E-state index contributed by atoms with van der Waals surface area (Å²) in [6, 6.07) is 24.2. The molecule has 18 nitrogen and oxygen atoms in total. The van der Waals surface area contributed by atoms with Crippen LogP contribution in [0.3, 0.4) is 0 Å². The zero-order chi connectivity index (χ0) is 56.7. The summed E-state index contributed by atoms with van der Waals surface area (Å²) >= 11 is 6.36. The van der Waals surface area contributed by atoms with E-state index < -0.39 is 0 Å². The fourth-order valence-corrected chi connectivity index (χ4v) is 10.8. The number of nitrogens with one attached hydrogen (secondary N) is 2. The molecule has 11 rings (SSSR count). The van der Waals surface area contributed by atoms with Gasteiger partial charge in [0, 0.05) is 90.2 Å². The Morgan fingerprint density at radius 2 is 1.09 bits per heavy atom. The van der Waals surface area contributed by atoms with Crippen molar-refractivity contribution in [3.8, 4) is 33.6 Å². The van der Waals surface area contributed by atoms with Crippen molar-refractivity contribution in [3.63, 3.8) is 0 Å². The molecule has 5 aliphatic rings. The zero-order valence-electron chi connectivity index (χ0n) is 48.4. The Kier molecular flexibility index (Phi) is 18.6. The first kappa shape index (κ1) is 58.2. The van der Waals surface area contributed by atoms with E-state index in [1.165, 1.54) is 0 Å². The van der Waals surface area contributed by atoms with Crippen LogP contribution in [0, 0.1) is 25.7 Å². The summed E-state index contributed by atoms with van der Waals surface area (Å²) < 4.78 is 26.3. The van der Waals surface area contributed by atoms with E-state index in [-0.39, 0.29) is 30.4 Å². The third-order valence-corrected chi connectivity index (χ3v) is 16.6. The van der Waals surface area contributed by atoms with Crippen LogP contribution in [0.25, 0.3) is 33.6 Å². The monoisotopic (exact) mass is 1110 g/mol. The summed E-state index contributed by atoms with van der Waals surface area (Å²) in [4.78, 5) is 43.3. The number of amides is 4. The van der Waals surface area contributed by atoms with Crippen LogP contribution >= 0.6 is 11.6 Å². The molecule has 9 heterocycles. The van der Waals surface area contributed by atoms with Gasteiger partial charge in [0.2, 0.25) is 0 Å². The van der Waals surface area contributed by atoms with Gasteiger partial charge in [0.1, 0.15) is 22.5 Å². The highest BCUT2D eigenvalue weighted by Crippen LogP contribution is 2.37. The van der Waals surface area contributed by atoms with Crippen molar-refractivity contribution < 1.29 is 28.4 Å². The third-order valence-electron chi connectivity index (χ3n) is 16.4. The van der Waals surface area contributed by atoms with Gasteiger partial charge in [-0.15, -0.1) is 0 Å². The molecule has 4 aromatic heterocycles. The highest BCUT2D eigenvalue weighted by molar-refractivity contribution is 6.61. The van der Waals surface area contributed by atoms with Crippen LogP contribution in [0.15, 0.2) is 85.2 Å². The Hall–Kier alpha value is -6.51. The highest BCUT2D eigenvalue weighted by atomic mass is 35.5. The molecule has 2 aromatic carbocycles. The van der Waals surface area contributed by atoms with Crippen molar-refractivity contribution in [2.75, 3.05) is 99.2 Å². The highest BCUT2D eigenvalue weighted by Gasteiger charge is 2.52. The number of likely N-dealkylation sites (tertiary alicyclic amines) is 2. The largest absolute Gasteiger partial charge is 0.516 e. The second kappa shape index (κ2) is 25.5. The maximum atomic E-state index is 12.9. The van der Waals surface area contributed by atoms with E-state index >= 15 is 0 Å². The van der Waals surface area contributed by atoms with Gasteiger partial charge < -0.3 is 49.0 Å². The molecule has 80 heavy (non-hydrogen) atoms. The van der Waals surface area contributed by atoms with Crippen LogP contribution in [-0.2, 0) is 32.9 Å². The Morgan fingerprint density at radius 1 is 0.613 bits per heavy atom. The van der Waals surface area contributed by atoms with Gasteiger partial charge in [-0.25, -0.2) is 19.6 Å². The van der Waals surface area contributed by atoms with E-state index in [2.05, 4.69) is 93.6 Å².